The maximum atomic E-state index is 11.8. The summed E-state index contributed by atoms with van der Waals surface area (Å²) < 4.78 is 33.3. The van der Waals surface area contributed by atoms with E-state index in [4.69, 9.17) is 9.47 Å². The van der Waals surface area contributed by atoms with Crippen LogP contribution in [0.5, 0.6) is 5.75 Å². The predicted molar refractivity (Wildman–Crippen MR) is 115 cm³/mol. The van der Waals surface area contributed by atoms with Crippen molar-refractivity contribution >= 4 is 21.5 Å². The van der Waals surface area contributed by atoms with Gasteiger partial charge in [0.2, 0.25) is 11.7 Å². The number of rotatable bonds is 9. The molecule has 0 aromatic heterocycles. The van der Waals surface area contributed by atoms with Gasteiger partial charge in [0.15, 0.2) is 15.4 Å². The highest BCUT2D eigenvalue weighted by Gasteiger charge is 2.35. The highest BCUT2D eigenvalue weighted by atomic mass is 32.2. The second-order valence-corrected chi connectivity index (χ2v) is 9.43. The summed E-state index contributed by atoms with van der Waals surface area (Å²) in [6.07, 6.45) is 6.00. The molecule has 1 aromatic rings. The average molecular weight is 434 g/mol. The number of sulfone groups is 1. The lowest BCUT2D eigenvalue weighted by Gasteiger charge is -2.18. The van der Waals surface area contributed by atoms with Gasteiger partial charge in [0, 0.05) is 30.4 Å². The van der Waals surface area contributed by atoms with Crippen molar-refractivity contribution < 1.29 is 27.5 Å². The molecule has 1 N–H and O–H groups in total. The Morgan fingerprint density at radius 3 is 2.47 bits per heavy atom. The molecule has 30 heavy (non-hydrogen) atoms. The zero-order chi connectivity index (χ0) is 22.4. The topological polar surface area (TPSA) is 98.8 Å². The van der Waals surface area contributed by atoms with Gasteiger partial charge in [-0.1, -0.05) is 12.1 Å². The van der Waals surface area contributed by atoms with Crippen molar-refractivity contribution in [2.24, 2.45) is 0 Å². The Morgan fingerprint density at radius 2 is 1.90 bits per heavy atom. The van der Waals surface area contributed by atoms with Gasteiger partial charge in [-0.15, -0.1) is 0 Å². The van der Waals surface area contributed by atoms with Crippen LogP contribution in [-0.4, -0.2) is 45.1 Å². The lowest BCUT2D eigenvalue weighted by Crippen LogP contribution is -2.27. The van der Waals surface area contributed by atoms with Crippen LogP contribution < -0.4 is 10.1 Å². The first kappa shape index (κ1) is 23.4. The molecule has 0 fully saturated rings. The van der Waals surface area contributed by atoms with Gasteiger partial charge in [0.05, 0.1) is 0 Å². The van der Waals surface area contributed by atoms with Crippen LogP contribution in [0.2, 0.25) is 0 Å². The summed E-state index contributed by atoms with van der Waals surface area (Å²) in [6, 6.07) is 7.46. The zero-order valence-corrected chi connectivity index (χ0v) is 18.4. The summed E-state index contributed by atoms with van der Waals surface area (Å²) in [5.74, 6) is 0.761. The highest BCUT2D eigenvalue weighted by Crippen LogP contribution is 2.28. The van der Waals surface area contributed by atoms with Gasteiger partial charge >= 0.3 is 0 Å². The van der Waals surface area contributed by atoms with Crippen LogP contribution >= 0.6 is 0 Å². The number of nitrogens with one attached hydrogen (secondary N) is 1. The van der Waals surface area contributed by atoms with Crippen molar-refractivity contribution in [1.29, 1.82) is 0 Å². The molecule has 0 spiro atoms. The minimum Gasteiger partial charge on any atom is -0.490 e. The Hall–Kier alpha value is -2.87. The van der Waals surface area contributed by atoms with Gasteiger partial charge in [-0.05, 0) is 56.5 Å². The van der Waals surface area contributed by atoms with Crippen molar-refractivity contribution in [3.63, 3.8) is 0 Å². The summed E-state index contributed by atoms with van der Waals surface area (Å²) in [6.45, 7) is 6.07. The van der Waals surface area contributed by atoms with E-state index in [0.717, 1.165) is 28.9 Å². The fraction of sp³-hybridized carbons (Fsp3) is 0.364. The fourth-order valence-electron chi connectivity index (χ4n) is 2.53. The maximum Gasteiger partial charge on any atom is 0.244 e. The summed E-state index contributed by atoms with van der Waals surface area (Å²) in [7, 11) is -3.31. The van der Waals surface area contributed by atoms with Crippen LogP contribution in [0.4, 0.5) is 0 Å². The summed E-state index contributed by atoms with van der Waals surface area (Å²) in [4.78, 5) is 23.3. The fourth-order valence-corrected chi connectivity index (χ4v) is 2.90. The van der Waals surface area contributed by atoms with Gasteiger partial charge in [-0.3, -0.25) is 9.59 Å². The summed E-state index contributed by atoms with van der Waals surface area (Å²) >= 11 is 0. The normalized spacial score (nSPS) is 16.3. The van der Waals surface area contributed by atoms with E-state index < -0.39 is 21.3 Å². The first-order valence-corrected chi connectivity index (χ1v) is 11.4. The molecule has 0 saturated heterocycles. The number of benzene rings is 1. The number of ether oxygens (including phenoxy) is 2. The molecule has 8 heteroatoms. The van der Waals surface area contributed by atoms with E-state index in [2.05, 4.69) is 5.32 Å². The molecule has 7 nitrogen and oxygen atoms in total. The van der Waals surface area contributed by atoms with E-state index in [0.29, 0.717) is 31.1 Å². The molecular weight excluding hydrogens is 406 g/mol. The quantitative estimate of drug-likeness (QED) is 0.601. The van der Waals surface area contributed by atoms with Gasteiger partial charge < -0.3 is 14.8 Å². The van der Waals surface area contributed by atoms with Crippen LogP contribution in [0.3, 0.4) is 0 Å². The van der Waals surface area contributed by atoms with Crippen LogP contribution in [0.1, 0.15) is 26.3 Å². The standard InChI is InChI=1S/C22H27NO6S/c1-16(19-15-20(24)22(2,3)29-19)10-13-28-18-7-5-17(6-8-18)9-12-23-21(25)11-14-30(4,26)27/h5-8,10-11,14-15H,9,12-13H2,1-4H3,(H,23,25). The Morgan fingerprint density at radius 1 is 1.23 bits per heavy atom. The first-order chi connectivity index (χ1) is 14.0. The van der Waals surface area contributed by atoms with Crippen molar-refractivity contribution in [2.45, 2.75) is 32.8 Å². The number of ketones is 1. The number of hydrogen-bond donors (Lipinski definition) is 1. The predicted octanol–water partition coefficient (Wildman–Crippen LogP) is 2.49. The van der Waals surface area contributed by atoms with Crippen LogP contribution in [0.25, 0.3) is 0 Å². The van der Waals surface area contributed by atoms with Gasteiger partial charge in [-0.25, -0.2) is 8.42 Å². The van der Waals surface area contributed by atoms with Crippen molar-refractivity contribution in [3.8, 4) is 5.75 Å². The number of amides is 1. The Balaban J connectivity index is 1.77. The Labute approximate surface area is 177 Å². The van der Waals surface area contributed by atoms with E-state index in [1.165, 1.54) is 6.08 Å². The first-order valence-electron chi connectivity index (χ1n) is 9.46. The third kappa shape index (κ3) is 7.51. The molecule has 1 amide bonds. The van der Waals surface area contributed by atoms with Crippen LogP contribution in [0, 0.1) is 0 Å². The van der Waals surface area contributed by atoms with Gasteiger partial charge in [-0.2, -0.15) is 0 Å². The van der Waals surface area contributed by atoms with E-state index in [-0.39, 0.29) is 5.78 Å². The molecule has 0 radical (unpaired) electrons. The molecular formula is C22H27NO6S. The molecule has 1 aliphatic heterocycles. The van der Waals surface area contributed by atoms with Crippen molar-refractivity contribution in [1.82, 2.24) is 5.32 Å². The second-order valence-electron chi connectivity index (χ2n) is 7.50. The highest BCUT2D eigenvalue weighted by molar-refractivity contribution is 7.93. The van der Waals surface area contributed by atoms with E-state index in [1.54, 1.807) is 13.8 Å². The van der Waals surface area contributed by atoms with Crippen LogP contribution in [0.15, 0.2) is 59.2 Å². The summed E-state index contributed by atoms with van der Waals surface area (Å²) in [5.41, 5.74) is 1.03. The van der Waals surface area contributed by atoms with Crippen molar-refractivity contribution in [3.05, 3.63) is 64.8 Å². The van der Waals surface area contributed by atoms with Gasteiger partial charge in [0.1, 0.15) is 18.1 Å². The number of carbonyl (C=O) groups excluding carboxylic acids is 2. The third-order valence-electron chi connectivity index (χ3n) is 4.35. The lowest BCUT2D eigenvalue weighted by atomic mass is 10.1. The minimum absolute atomic E-state index is 0.0515. The molecule has 2 rings (SSSR count). The molecule has 1 aromatic carbocycles. The largest absolute Gasteiger partial charge is 0.490 e. The number of carbonyl (C=O) groups is 2. The molecule has 0 saturated carbocycles. The molecule has 0 unspecified atom stereocenters. The zero-order valence-electron chi connectivity index (χ0n) is 17.6. The molecule has 0 atom stereocenters. The van der Waals surface area contributed by atoms with E-state index in [9.17, 15) is 18.0 Å². The lowest BCUT2D eigenvalue weighted by molar-refractivity contribution is -0.126. The van der Waals surface area contributed by atoms with E-state index in [1.807, 2.05) is 37.3 Å². The second kappa shape index (κ2) is 9.75. The molecule has 0 aliphatic carbocycles. The monoisotopic (exact) mass is 433 g/mol. The Kier molecular flexibility index (Phi) is 7.61. The molecule has 1 heterocycles. The minimum atomic E-state index is -3.31. The molecule has 1 aliphatic rings. The number of hydrogen-bond acceptors (Lipinski definition) is 6. The van der Waals surface area contributed by atoms with Crippen molar-refractivity contribution in [2.75, 3.05) is 19.4 Å². The smallest absolute Gasteiger partial charge is 0.244 e. The van der Waals surface area contributed by atoms with Gasteiger partial charge in [0.25, 0.3) is 0 Å². The average Bonchev–Trinajstić information content (AvgIpc) is 2.93. The number of allylic oxidation sites excluding steroid dienone is 1. The van der Waals surface area contributed by atoms with Crippen LogP contribution in [-0.2, 0) is 30.6 Å². The SMILES string of the molecule is CC(=CCOc1ccc(CCNC(=O)C=CS(C)(=O)=O)cc1)C1=CC(=O)C(C)(C)O1. The van der Waals surface area contributed by atoms with E-state index >= 15 is 0 Å². The molecule has 0 bridgehead atoms. The maximum absolute atomic E-state index is 11.8. The Bertz CT molecular complexity index is 985. The third-order valence-corrected chi connectivity index (χ3v) is 4.98. The molecule has 162 valence electrons. The summed E-state index contributed by atoms with van der Waals surface area (Å²) in [5, 5.41) is 3.50.